The van der Waals surface area contributed by atoms with E-state index in [0.29, 0.717) is 28.8 Å². The van der Waals surface area contributed by atoms with Crippen molar-refractivity contribution in [2.24, 2.45) is 0 Å². The van der Waals surface area contributed by atoms with E-state index in [1.807, 2.05) is 0 Å². The zero-order valence-corrected chi connectivity index (χ0v) is 23.0. The van der Waals surface area contributed by atoms with Gasteiger partial charge in [0.05, 0.1) is 29.1 Å². The second kappa shape index (κ2) is 10.7. The van der Waals surface area contributed by atoms with Gasteiger partial charge in [-0.1, -0.05) is 6.07 Å². The standard InChI is InChI=1S/C30H23F6N5O3/c1-15-26(29(44)39-10-8-18(9-11-39)40-24(43)12-16-2-5-22(32)25(33)28(16)40)38-41(27(15)17-3-7-23(42)37-14-17)19-4-6-21(31)20(13-19)30(34,35)36/h2-7,13-14,18H,8-12H2,1H3,(H,37,42). The quantitative estimate of drug-likeness (QED) is 0.321. The Labute approximate surface area is 245 Å². The maximum atomic E-state index is 14.7. The van der Waals surface area contributed by atoms with E-state index in [-0.39, 0.29) is 61.0 Å². The summed E-state index contributed by atoms with van der Waals surface area (Å²) in [6.45, 7) is 1.82. The molecule has 0 saturated carbocycles. The lowest BCUT2D eigenvalue weighted by atomic mass is 10.0. The summed E-state index contributed by atoms with van der Waals surface area (Å²) in [7, 11) is 0. The summed E-state index contributed by atoms with van der Waals surface area (Å²) in [6.07, 6.45) is -3.22. The molecule has 2 amide bonds. The number of carbonyl (C=O) groups excluding carboxylic acids is 2. The van der Waals surface area contributed by atoms with E-state index >= 15 is 0 Å². The molecule has 1 N–H and O–H groups in total. The molecular weight excluding hydrogens is 592 g/mol. The zero-order chi connectivity index (χ0) is 31.5. The largest absolute Gasteiger partial charge is 0.419 e. The van der Waals surface area contributed by atoms with Crippen LogP contribution >= 0.6 is 0 Å². The number of hydrogen-bond donors (Lipinski definition) is 1. The Hall–Kier alpha value is -4.88. The summed E-state index contributed by atoms with van der Waals surface area (Å²) < 4.78 is 84.4. The lowest BCUT2D eigenvalue weighted by Gasteiger charge is -2.37. The second-order valence-electron chi connectivity index (χ2n) is 10.7. The molecule has 2 aliphatic rings. The summed E-state index contributed by atoms with van der Waals surface area (Å²) in [5.41, 5.74) is -1.06. The summed E-state index contributed by atoms with van der Waals surface area (Å²) in [5.74, 6) is -4.56. The van der Waals surface area contributed by atoms with E-state index in [1.54, 1.807) is 6.92 Å². The minimum absolute atomic E-state index is 0.0602. The SMILES string of the molecule is Cc1c(C(=O)N2CCC(N3C(=O)Cc4ccc(F)c(F)c43)CC2)nn(-c2ccc(F)c(C(F)(F)F)c2)c1-c1ccc(=O)[nH]c1. The van der Waals surface area contributed by atoms with Gasteiger partial charge in [-0.2, -0.15) is 18.3 Å². The van der Waals surface area contributed by atoms with Gasteiger partial charge in [0, 0.05) is 42.5 Å². The van der Waals surface area contributed by atoms with Crippen molar-refractivity contribution in [2.45, 2.75) is 38.4 Å². The number of likely N-dealkylation sites (tertiary alicyclic amines) is 1. The second-order valence-corrected chi connectivity index (χ2v) is 10.7. The van der Waals surface area contributed by atoms with E-state index < -0.39 is 46.7 Å². The van der Waals surface area contributed by atoms with Crippen molar-refractivity contribution in [3.8, 4) is 16.9 Å². The highest BCUT2D eigenvalue weighted by atomic mass is 19.4. The number of fused-ring (bicyclic) bond motifs is 1. The number of aromatic nitrogens is 3. The number of nitrogens with zero attached hydrogens (tertiary/aromatic N) is 4. The molecule has 0 unspecified atom stereocenters. The van der Waals surface area contributed by atoms with Crippen molar-refractivity contribution >= 4 is 17.5 Å². The number of H-pyrrole nitrogens is 1. The first-order valence-corrected chi connectivity index (χ1v) is 13.6. The zero-order valence-electron chi connectivity index (χ0n) is 23.0. The Morgan fingerprint density at radius 3 is 2.34 bits per heavy atom. The predicted molar refractivity (Wildman–Crippen MR) is 146 cm³/mol. The van der Waals surface area contributed by atoms with Crippen LogP contribution in [0.3, 0.4) is 0 Å². The number of piperidine rings is 1. The number of alkyl halides is 3. The maximum Gasteiger partial charge on any atom is 0.419 e. The van der Waals surface area contributed by atoms with Crippen LogP contribution in [-0.4, -0.2) is 50.6 Å². The first-order chi connectivity index (χ1) is 20.8. The third kappa shape index (κ3) is 4.93. The number of carbonyl (C=O) groups is 2. The van der Waals surface area contributed by atoms with Crippen molar-refractivity contribution < 1.29 is 35.9 Å². The van der Waals surface area contributed by atoms with Crippen molar-refractivity contribution in [1.29, 1.82) is 0 Å². The fourth-order valence-corrected chi connectivity index (χ4v) is 5.86. The van der Waals surface area contributed by atoms with Gasteiger partial charge in [0.1, 0.15) is 5.82 Å². The van der Waals surface area contributed by atoms with Gasteiger partial charge >= 0.3 is 6.18 Å². The lowest BCUT2D eigenvalue weighted by Crippen LogP contribution is -2.48. The number of amides is 2. The van der Waals surface area contributed by atoms with Gasteiger partial charge in [0.25, 0.3) is 5.91 Å². The molecule has 4 aromatic rings. The Balaban J connectivity index is 1.32. The minimum Gasteiger partial charge on any atom is -0.337 e. The van der Waals surface area contributed by atoms with Crippen LogP contribution in [0, 0.1) is 24.4 Å². The molecule has 0 radical (unpaired) electrons. The van der Waals surface area contributed by atoms with Gasteiger partial charge in [0.2, 0.25) is 11.5 Å². The average Bonchev–Trinajstić information content (AvgIpc) is 3.51. The molecule has 1 fully saturated rings. The van der Waals surface area contributed by atoms with Crippen LogP contribution in [0.1, 0.15) is 40.0 Å². The van der Waals surface area contributed by atoms with Crippen LogP contribution in [-0.2, 0) is 17.4 Å². The third-order valence-electron chi connectivity index (χ3n) is 8.00. The summed E-state index contributed by atoms with van der Waals surface area (Å²) in [5, 5.41) is 4.35. The highest BCUT2D eigenvalue weighted by molar-refractivity contribution is 6.02. The fourth-order valence-electron chi connectivity index (χ4n) is 5.86. The number of halogens is 6. The Morgan fingerprint density at radius 1 is 0.977 bits per heavy atom. The van der Waals surface area contributed by atoms with E-state index in [9.17, 15) is 40.7 Å². The van der Waals surface area contributed by atoms with Gasteiger partial charge in [0.15, 0.2) is 17.3 Å². The molecule has 44 heavy (non-hydrogen) atoms. The maximum absolute atomic E-state index is 14.7. The number of aromatic amines is 1. The van der Waals surface area contributed by atoms with Crippen molar-refractivity contribution in [3.63, 3.8) is 0 Å². The molecule has 1 saturated heterocycles. The van der Waals surface area contributed by atoms with Gasteiger partial charge in [-0.25, -0.2) is 17.9 Å². The van der Waals surface area contributed by atoms with E-state index in [1.165, 1.54) is 34.2 Å². The monoisotopic (exact) mass is 615 g/mol. The van der Waals surface area contributed by atoms with Gasteiger partial charge in [-0.05, 0) is 55.7 Å². The number of anilines is 1. The van der Waals surface area contributed by atoms with E-state index in [0.717, 1.165) is 16.8 Å². The predicted octanol–water partition coefficient (Wildman–Crippen LogP) is 5.17. The van der Waals surface area contributed by atoms with Crippen LogP contribution in [0.15, 0.2) is 53.5 Å². The summed E-state index contributed by atoms with van der Waals surface area (Å²) in [6, 6.07) is 6.83. The van der Waals surface area contributed by atoms with Gasteiger partial charge in [-0.15, -0.1) is 0 Å². The lowest BCUT2D eigenvalue weighted by molar-refractivity contribution is -0.140. The number of benzene rings is 2. The van der Waals surface area contributed by atoms with Crippen LogP contribution < -0.4 is 10.5 Å². The molecule has 0 aliphatic carbocycles. The van der Waals surface area contributed by atoms with Crippen molar-refractivity contribution in [2.75, 3.05) is 18.0 Å². The fraction of sp³-hybridized carbons (Fsp3) is 0.267. The molecule has 2 aliphatic heterocycles. The van der Waals surface area contributed by atoms with Crippen molar-refractivity contribution in [1.82, 2.24) is 19.7 Å². The molecule has 0 atom stereocenters. The molecule has 0 spiro atoms. The molecular formula is C30H23F6N5O3. The minimum atomic E-state index is -4.99. The topological polar surface area (TPSA) is 91.3 Å². The molecule has 8 nitrogen and oxygen atoms in total. The molecule has 14 heteroatoms. The van der Waals surface area contributed by atoms with Crippen LogP contribution in [0.4, 0.5) is 32.0 Å². The first kappa shape index (κ1) is 29.2. The van der Waals surface area contributed by atoms with Crippen molar-refractivity contribution in [3.05, 3.63) is 98.9 Å². The highest BCUT2D eigenvalue weighted by Gasteiger charge is 2.39. The third-order valence-corrected chi connectivity index (χ3v) is 8.00. The molecule has 228 valence electrons. The Kier molecular flexibility index (Phi) is 7.09. The number of rotatable bonds is 4. The van der Waals surface area contributed by atoms with E-state index in [4.69, 9.17) is 0 Å². The molecule has 2 aromatic carbocycles. The Morgan fingerprint density at radius 2 is 1.68 bits per heavy atom. The molecule has 2 aromatic heterocycles. The van der Waals surface area contributed by atoms with Crippen LogP contribution in [0.25, 0.3) is 16.9 Å². The van der Waals surface area contributed by atoms with Crippen LogP contribution in [0.2, 0.25) is 0 Å². The van der Waals surface area contributed by atoms with Gasteiger partial charge < -0.3 is 14.8 Å². The highest BCUT2D eigenvalue weighted by Crippen LogP contribution is 2.38. The number of pyridine rings is 1. The van der Waals surface area contributed by atoms with E-state index in [2.05, 4.69) is 10.1 Å². The average molecular weight is 616 g/mol. The Bertz CT molecular complexity index is 1850. The molecule has 4 heterocycles. The molecule has 0 bridgehead atoms. The summed E-state index contributed by atoms with van der Waals surface area (Å²) >= 11 is 0. The summed E-state index contributed by atoms with van der Waals surface area (Å²) in [4.78, 5) is 43.4. The normalized spacial score (nSPS) is 15.7. The molecule has 6 rings (SSSR count). The van der Waals surface area contributed by atoms with Gasteiger partial charge in [-0.3, -0.25) is 14.4 Å². The smallest absolute Gasteiger partial charge is 0.337 e. The first-order valence-electron chi connectivity index (χ1n) is 13.6. The van der Waals surface area contributed by atoms with Crippen LogP contribution in [0.5, 0.6) is 0 Å². The number of nitrogens with one attached hydrogen (secondary N) is 1. The number of hydrogen-bond acceptors (Lipinski definition) is 4.